The van der Waals surface area contributed by atoms with E-state index in [2.05, 4.69) is 16.0 Å². The molecular formula is C26H43BN6O9. The summed E-state index contributed by atoms with van der Waals surface area (Å²) in [6.45, 7) is 1.12. The summed E-state index contributed by atoms with van der Waals surface area (Å²) >= 11 is 0. The van der Waals surface area contributed by atoms with Gasteiger partial charge in [0.05, 0.1) is 19.7 Å². The summed E-state index contributed by atoms with van der Waals surface area (Å²) in [4.78, 5) is 48.6. The van der Waals surface area contributed by atoms with Gasteiger partial charge in [-0.15, -0.1) is 0 Å². The van der Waals surface area contributed by atoms with Crippen LogP contribution in [-0.4, -0.2) is 106 Å². The van der Waals surface area contributed by atoms with Crippen LogP contribution < -0.4 is 21.7 Å². The van der Waals surface area contributed by atoms with E-state index in [1.807, 2.05) is 30.3 Å². The third-order valence-electron chi connectivity index (χ3n) is 6.53. The van der Waals surface area contributed by atoms with Crippen LogP contribution in [0.2, 0.25) is 0 Å². The molecule has 0 spiro atoms. The van der Waals surface area contributed by atoms with E-state index >= 15 is 0 Å². The zero-order valence-electron chi connectivity index (χ0n) is 24.0. The highest BCUT2D eigenvalue weighted by Crippen LogP contribution is 2.26. The molecule has 1 aliphatic carbocycles. The number of hydrogen-bond donors (Lipinski definition) is 9. The number of guanidine groups is 1. The van der Waals surface area contributed by atoms with E-state index in [1.54, 1.807) is 0 Å². The average molecular weight is 594 g/mol. The Hall–Kier alpha value is -3.73. The van der Waals surface area contributed by atoms with Gasteiger partial charge in [0.1, 0.15) is 0 Å². The van der Waals surface area contributed by atoms with Gasteiger partial charge < -0.3 is 40.9 Å². The van der Waals surface area contributed by atoms with Crippen molar-refractivity contribution < 1.29 is 44.2 Å². The highest BCUT2D eigenvalue weighted by atomic mass is 16.5. The number of nitrogens with two attached hydrogens (primary N) is 1. The third kappa shape index (κ3) is 13.8. The number of nitrogens with zero attached hydrogens (tertiary/aromatic N) is 1. The average Bonchev–Trinajstić information content (AvgIpc) is 3.45. The Kier molecular flexibility index (Phi) is 16.8. The number of rotatable bonds is 16. The molecular weight excluding hydrogens is 551 g/mol. The molecule has 1 fully saturated rings. The molecule has 1 aromatic carbocycles. The number of aliphatic carboxylic acids is 2. The van der Waals surface area contributed by atoms with Crippen LogP contribution in [0.3, 0.4) is 0 Å². The number of ether oxygens (including phenoxy) is 1. The normalized spacial score (nSPS) is 14.9. The number of esters is 1. The van der Waals surface area contributed by atoms with E-state index in [0.29, 0.717) is 19.3 Å². The van der Waals surface area contributed by atoms with Gasteiger partial charge in [0.15, 0.2) is 12.1 Å². The fourth-order valence-electron chi connectivity index (χ4n) is 4.59. The Bertz CT molecular complexity index is 1010. The second kappa shape index (κ2) is 19.4. The van der Waals surface area contributed by atoms with Crippen molar-refractivity contribution in [1.29, 1.82) is 5.41 Å². The van der Waals surface area contributed by atoms with Gasteiger partial charge in [-0.05, 0) is 37.7 Å². The van der Waals surface area contributed by atoms with E-state index in [0.717, 1.165) is 25.3 Å². The molecule has 10 N–H and O–H groups in total. The van der Waals surface area contributed by atoms with Crippen LogP contribution in [0.25, 0.3) is 0 Å². The van der Waals surface area contributed by atoms with Crippen LogP contribution in [0, 0.1) is 5.41 Å². The number of amides is 1. The summed E-state index contributed by atoms with van der Waals surface area (Å²) in [7, 11) is -0.660. The standard InChI is InChI=1S/C24H39BN6O7.C2H4O2/c1-38-20(32)15-29-18(14-16-8-3-2-4-9-16)22(33)31(17-10-5-6-11-17)21(23(34)35)30-19(25(36)37)12-7-13-28-24(26)27;1-2(3)4/h2-4,8-9,17-19,21,29-30,36-37H,5-7,10-15H2,1H3,(H,34,35)(H4,26,27,28);1H3,(H,3,4)/t18-,19+,21?;/m1./s1. The quantitative estimate of drug-likeness (QED) is 0.0275. The third-order valence-corrected chi connectivity index (χ3v) is 6.53. The minimum atomic E-state index is -1.90. The van der Waals surface area contributed by atoms with Gasteiger partial charge in [0.25, 0.3) is 5.97 Å². The van der Waals surface area contributed by atoms with Crippen molar-refractivity contribution in [3.05, 3.63) is 35.9 Å². The molecule has 0 heterocycles. The molecule has 1 aromatic rings. The lowest BCUT2D eigenvalue weighted by molar-refractivity contribution is -0.155. The Labute approximate surface area is 245 Å². The van der Waals surface area contributed by atoms with Crippen molar-refractivity contribution in [1.82, 2.24) is 20.9 Å². The van der Waals surface area contributed by atoms with E-state index in [9.17, 15) is 29.5 Å². The summed E-state index contributed by atoms with van der Waals surface area (Å²) in [6, 6.07) is 7.83. The Morgan fingerprint density at radius 3 is 2.24 bits per heavy atom. The molecule has 0 aliphatic heterocycles. The fourth-order valence-corrected chi connectivity index (χ4v) is 4.59. The van der Waals surface area contributed by atoms with Crippen molar-refractivity contribution in [2.75, 3.05) is 20.2 Å². The van der Waals surface area contributed by atoms with Crippen molar-refractivity contribution >= 4 is 36.9 Å². The molecule has 42 heavy (non-hydrogen) atoms. The van der Waals surface area contributed by atoms with E-state index in [1.165, 1.54) is 12.0 Å². The van der Waals surface area contributed by atoms with Gasteiger partial charge in [-0.2, -0.15) is 0 Å². The maximum atomic E-state index is 14.0. The maximum absolute atomic E-state index is 14.0. The first-order valence-electron chi connectivity index (χ1n) is 13.7. The first kappa shape index (κ1) is 36.3. The summed E-state index contributed by atoms with van der Waals surface area (Å²) < 4.78 is 4.70. The molecule has 1 amide bonds. The van der Waals surface area contributed by atoms with Crippen molar-refractivity contribution in [3.63, 3.8) is 0 Å². The minimum Gasteiger partial charge on any atom is -0.481 e. The Balaban J connectivity index is 0.00000206. The fraction of sp³-hybridized carbons (Fsp3) is 0.577. The number of hydrogen-bond acceptors (Lipinski definition) is 10. The predicted molar refractivity (Wildman–Crippen MR) is 154 cm³/mol. The van der Waals surface area contributed by atoms with Crippen LogP contribution >= 0.6 is 0 Å². The number of carbonyl (C=O) groups excluding carboxylic acids is 2. The van der Waals surface area contributed by atoms with Crippen LogP contribution in [0.15, 0.2) is 30.3 Å². The lowest BCUT2D eigenvalue weighted by Crippen LogP contribution is -2.64. The van der Waals surface area contributed by atoms with Crippen molar-refractivity contribution in [2.45, 2.75) is 76.1 Å². The smallest absolute Gasteiger partial charge is 0.469 e. The van der Waals surface area contributed by atoms with Crippen LogP contribution in [0.5, 0.6) is 0 Å². The molecule has 0 bridgehead atoms. The molecule has 1 saturated carbocycles. The molecule has 0 radical (unpaired) electrons. The van der Waals surface area contributed by atoms with Crippen LogP contribution in [0.1, 0.15) is 51.0 Å². The second-order valence-electron chi connectivity index (χ2n) is 9.81. The van der Waals surface area contributed by atoms with E-state index in [4.69, 9.17) is 25.8 Å². The van der Waals surface area contributed by atoms with Gasteiger partial charge in [-0.3, -0.25) is 30.4 Å². The predicted octanol–water partition coefficient (Wildman–Crippen LogP) is -1.13. The van der Waals surface area contributed by atoms with E-state index < -0.39 is 49.1 Å². The number of carboxylic acid groups (broad SMARTS) is 2. The second-order valence-corrected chi connectivity index (χ2v) is 9.81. The maximum Gasteiger partial charge on any atom is 0.469 e. The molecule has 0 aromatic heterocycles. The summed E-state index contributed by atoms with van der Waals surface area (Å²) in [6.07, 6.45) is 2.00. The molecule has 0 saturated heterocycles. The first-order valence-corrected chi connectivity index (χ1v) is 13.7. The topological polar surface area (TPSA) is 248 Å². The van der Waals surface area contributed by atoms with Crippen LogP contribution in [0.4, 0.5) is 0 Å². The first-order chi connectivity index (χ1) is 19.9. The number of methoxy groups -OCH3 is 1. The van der Waals surface area contributed by atoms with Gasteiger partial charge >= 0.3 is 19.1 Å². The largest absolute Gasteiger partial charge is 0.481 e. The van der Waals surface area contributed by atoms with Crippen molar-refractivity contribution in [3.8, 4) is 0 Å². The molecule has 15 nitrogen and oxygen atoms in total. The highest BCUT2D eigenvalue weighted by Gasteiger charge is 2.41. The zero-order valence-corrected chi connectivity index (χ0v) is 24.0. The Morgan fingerprint density at radius 1 is 1.14 bits per heavy atom. The van der Waals surface area contributed by atoms with Crippen molar-refractivity contribution in [2.24, 2.45) is 5.73 Å². The number of nitrogens with one attached hydrogen (secondary N) is 4. The van der Waals surface area contributed by atoms with Gasteiger partial charge in [-0.25, -0.2) is 4.79 Å². The molecule has 16 heteroatoms. The van der Waals surface area contributed by atoms with Gasteiger partial charge in [0, 0.05) is 25.5 Å². The summed E-state index contributed by atoms with van der Waals surface area (Å²) in [5.41, 5.74) is 6.08. The lowest BCUT2D eigenvalue weighted by Gasteiger charge is -2.38. The summed E-state index contributed by atoms with van der Waals surface area (Å²) in [5, 5.41) is 53.0. The zero-order chi connectivity index (χ0) is 31.7. The number of carbonyl (C=O) groups is 4. The monoisotopic (exact) mass is 594 g/mol. The lowest BCUT2D eigenvalue weighted by atomic mass is 9.76. The number of benzene rings is 1. The van der Waals surface area contributed by atoms with Gasteiger partial charge in [-0.1, -0.05) is 43.2 Å². The van der Waals surface area contributed by atoms with Gasteiger partial charge in [0.2, 0.25) is 5.91 Å². The SMILES string of the molecule is CC(=O)O.COC(=O)CN[C@H](Cc1ccccc1)C(=O)N(C1CCCC1)C(N[C@@H](CCCNC(=N)N)B(O)O)C(=O)O. The van der Waals surface area contributed by atoms with Crippen LogP contribution in [-0.2, 0) is 30.3 Å². The molecule has 2 rings (SSSR count). The molecule has 234 valence electrons. The molecule has 3 atom stereocenters. The number of carboxylic acids is 2. The van der Waals surface area contributed by atoms with E-state index in [-0.39, 0.29) is 37.9 Å². The highest BCUT2D eigenvalue weighted by molar-refractivity contribution is 6.43. The molecule has 1 unspecified atom stereocenters. The molecule has 1 aliphatic rings. The minimum absolute atomic E-state index is 0.141. The summed E-state index contributed by atoms with van der Waals surface area (Å²) in [5.74, 6) is -4.57. The Morgan fingerprint density at radius 2 is 1.74 bits per heavy atom.